The van der Waals surface area contributed by atoms with E-state index in [4.69, 9.17) is 4.74 Å². The molecule has 5 heteroatoms. The normalized spacial score (nSPS) is 29.1. The number of rotatable bonds is 4. The zero-order chi connectivity index (χ0) is 14.7. The fourth-order valence-corrected chi connectivity index (χ4v) is 3.29. The van der Waals surface area contributed by atoms with Crippen LogP contribution in [-0.2, 0) is 9.53 Å². The smallest absolute Gasteiger partial charge is 0.239 e. The number of nitrogens with one attached hydrogen (secondary N) is 1. The van der Waals surface area contributed by atoms with E-state index < -0.39 is 0 Å². The number of hydrogen-bond donors (Lipinski definition) is 1. The molecule has 0 aromatic rings. The lowest BCUT2D eigenvalue weighted by Gasteiger charge is -2.39. The first-order valence-corrected chi connectivity index (χ1v) is 7.79. The molecule has 1 N–H and O–H groups in total. The summed E-state index contributed by atoms with van der Waals surface area (Å²) in [5, 5.41) is 3.28. The number of ether oxygens (including phenoxy) is 1. The minimum atomic E-state index is -0.0620. The molecule has 2 fully saturated rings. The van der Waals surface area contributed by atoms with Crippen molar-refractivity contribution < 1.29 is 9.53 Å². The van der Waals surface area contributed by atoms with Crippen molar-refractivity contribution in [2.75, 3.05) is 33.8 Å². The molecule has 2 unspecified atom stereocenters. The number of likely N-dealkylation sites (tertiary alicyclic amines) is 1. The number of carbonyl (C=O) groups excluding carboxylic acids is 1. The second kappa shape index (κ2) is 6.87. The van der Waals surface area contributed by atoms with Gasteiger partial charge in [0.25, 0.3) is 0 Å². The van der Waals surface area contributed by atoms with Crippen LogP contribution in [0.1, 0.15) is 33.1 Å². The van der Waals surface area contributed by atoms with E-state index in [0.717, 1.165) is 38.9 Å². The van der Waals surface area contributed by atoms with Gasteiger partial charge in [0.2, 0.25) is 5.91 Å². The molecule has 2 atom stereocenters. The van der Waals surface area contributed by atoms with E-state index in [2.05, 4.69) is 24.1 Å². The molecule has 1 amide bonds. The first-order valence-electron chi connectivity index (χ1n) is 7.79. The highest BCUT2D eigenvalue weighted by atomic mass is 16.5. The third kappa shape index (κ3) is 3.51. The Labute approximate surface area is 122 Å². The van der Waals surface area contributed by atoms with Crippen molar-refractivity contribution in [3.05, 3.63) is 0 Å². The van der Waals surface area contributed by atoms with Crippen molar-refractivity contribution in [1.82, 2.24) is 15.1 Å². The number of carbonyl (C=O) groups is 1. The van der Waals surface area contributed by atoms with Crippen molar-refractivity contribution in [3.63, 3.8) is 0 Å². The topological polar surface area (TPSA) is 44.8 Å². The van der Waals surface area contributed by atoms with E-state index >= 15 is 0 Å². The molecule has 0 spiro atoms. The second-order valence-corrected chi connectivity index (χ2v) is 6.36. The summed E-state index contributed by atoms with van der Waals surface area (Å²) >= 11 is 0. The van der Waals surface area contributed by atoms with Crippen molar-refractivity contribution in [1.29, 1.82) is 0 Å². The van der Waals surface area contributed by atoms with Gasteiger partial charge in [-0.15, -0.1) is 0 Å². The molecule has 5 nitrogen and oxygen atoms in total. The molecule has 20 heavy (non-hydrogen) atoms. The van der Waals surface area contributed by atoms with Gasteiger partial charge in [0.15, 0.2) is 0 Å². The molecule has 2 aliphatic rings. The third-order valence-electron chi connectivity index (χ3n) is 4.85. The number of piperidine rings is 1. The first-order chi connectivity index (χ1) is 9.52. The predicted molar refractivity (Wildman–Crippen MR) is 79.7 cm³/mol. The maximum Gasteiger partial charge on any atom is 0.239 e. The Morgan fingerprint density at radius 1 is 1.35 bits per heavy atom. The Morgan fingerprint density at radius 3 is 2.50 bits per heavy atom. The Bertz CT molecular complexity index is 327. The van der Waals surface area contributed by atoms with Crippen LogP contribution in [0.3, 0.4) is 0 Å². The standard InChI is InChI=1S/C15H29N3O2/c1-11(2)18-7-5-12(6-8-18)17(3)15(19)14-9-13(20-4)10-16-14/h11-14,16H,5-10H2,1-4H3. The van der Waals surface area contributed by atoms with Crippen molar-refractivity contribution >= 4 is 5.91 Å². The number of hydrogen-bond acceptors (Lipinski definition) is 4. The van der Waals surface area contributed by atoms with Gasteiger partial charge in [-0.2, -0.15) is 0 Å². The van der Waals surface area contributed by atoms with E-state index in [1.54, 1.807) is 7.11 Å². The molecule has 2 heterocycles. The average Bonchev–Trinajstić information content (AvgIpc) is 2.94. The maximum absolute atomic E-state index is 12.5. The van der Waals surface area contributed by atoms with Gasteiger partial charge in [-0.05, 0) is 33.1 Å². The van der Waals surface area contributed by atoms with E-state index in [-0.39, 0.29) is 18.1 Å². The Hall–Kier alpha value is -0.650. The molecule has 0 aliphatic carbocycles. The minimum Gasteiger partial charge on any atom is -0.380 e. The Balaban J connectivity index is 1.83. The van der Waals surface area contributed by atoms with Crippen molar-refractivity contribution in [2.24, 2.45) is 0 Å². The summed E-state index contributed by atoms with van der Waals surface area (Å²) in [5.74, 6) is 0.229. The molecule has 0 radical (unpaired) electrons. The highest BCUT2D eigenvalue weighted by Crippen LogP contribution is 2.20. The zero-order valence-electron chi connectivity index (χ0n) is 13.3. The van der Waals surface area contributed by atoms with Gasteiger partial charge in [0.1, 0.15) is 0 Å². The van der Waals surface area contributed by atoms with Crippen LogP contribution in [0.15, 0.2) is 0 Å². The lowest BCUT2D eigenvalue weighted by molar-refractivity contribution is -0.135. The molecule has 2 aliphatic heterocycles. The molecule has 2 rings (SSSR count). The monoisotopic (exact) mass is 283 g/mol. The van der Waals surface area contributed by atoms with E-state index in [9.17, 15) is 4.79 Å². The summed E-state index contributed by atoms with van der Waals surface area (Å²) in [7, 11) is 3.67. The second-order valence-electron chi connectivity index (χ2n) is 6.36. The van der Waals surface area contributed by atoms with Crippen LogP contribution in [0, 0.1) is 0 Å². The lowest BCUT2D eigenvalue weighted by Crippen LogP contribution is -2.51. The van der Waals surface area contributed by atoms with Gasteiger partial charge in [0, 0.05) is 45.9 Å². The largest absolute Gasteiger partial charge is 0.380 e. The van der Waals surface area contributed by atoms with E-state index in [0.29, 0.717) is 12.1 Å². The van der Waals surface area contributed by atoms with Gasteiger partial charge in [0.05, 0.1) is 12.1 Å². The number of methoxy groups -OCH3 is 1. The lowest BCUT2D eigenvalue weighted by atomic mass is 10.0. The van der Waals surface area contributed by atoms with E-state index in [1.807, 2.05) is 11.9 Å². The van der Waals surface area contributed by atoms with Crippen LogP contribution in [-0.4, -0.2) is 73.7 Å². The quantitative estimate of drug-likeness (QED) is 0.825. The molecule has 0 aromatic carbocycles. The van der Waals surface area contributed by atoms with Crippen LogP contribution >= 0.6 is 0 Å². The highest BCUT2D eigenvalue weighted by Gasteiger charge is 2.34. The zero-order valence-corrected chi connectivity index (χ0v) is 13.3. The summed E-state index contributed by atoms with van der Waals surface area (Å²) in [6, 6.07) is 0.935. The van der Waals surface area contributed by atoms with E-state index in [1.165, 1.54) is 0 Å². The number of amides is 1. The van der Waals surface area contributed by atoms with Crippen LogP contribution in [0.25, 0.3) is 0 Å². The average molecular weight is 283 g/mol. The van der Waals surface area contributed by atoms with Gasteiger partial charge in [-0.3, -0.25) is 4.79 Å². The predicted octanol–water partition coefficient (Wildman–Crippen LogP) is 0.695. The van der Waals surface area contributed by atoms with Crippen LogP contribution in [0.5, 0.6) is 0 Å². The molecule has 2 saturated heterocycles. The fourth-order valence-electron chi connectivity index (χ4n) is 3.29. The van der Waals surface area contributed by atoms with Crippen LogP contribution in [0.4, 0.5) is 0 Å². The highest BCUT2D eigenvalue weighted by molar-refractivity contribution is 5.82. The molecule has 0 aromatic heterocycles. The molecular weight excluding hydrogens is 254 g/mol. The van der Waals surface area contributed by atoms with Gasteiger partial charge < -0.3 is 19.9 Å². The van der Waals surface area contributed by atoms with Gasteiger partial charge in [-0.25, -0.2) is 0 Å². The number of nitrogens with zero attached hydrogens (tertiary/aromatic N) is 2. The summed E-state index contributed by atoms with van der Waals surface area (Å²) in [6.07, 6.45) is 3.15. The Morgan fingerprint density at radius 2 is 2.00 bits per heavy atom. The van der Waals surface area contributed by atoms with Crippen molar-refractivity contribution in [3.8, 4) is 0 Å². The first kappa shape index (κ1) is 15.7. The van der Waals surface area contributed by atoms with Gasteiger partial charge >= 0.3 is 0 Å². The summed E-state index contributed by atoms with van der Waals surface area (Å²) < 4.78 is 5.32. The Kier molecular flexibility index (Phi) is 5.41. The molecule has 0 saturated carbocycles. The minimum absolute atomic E-state index is 0.0620. The molecule has 116 valence electrons. The SMILES string of the molecule is COC1CNC(C(=O)N(C)C2CCN(C(C)C)CC2)C1. The summed E-state index contributed by atoms with van der Waals surface area (Å²) in [6.45, 7) is 7.45. The molecule has 0 bridgehead atoms. The van der Waals surface area contributed by atoms with Gasteiger partial charge in [-0.1, -0.05) is 0 Å². The number of likely N-dealkylation sites (N-methyl/N-ethyl adjacent to an activating group) is 1. The molecular formula is C15H29N3O2. The van der Waals surface area contributed by atoms with Crippen LogP contribution in [0.2, 0.25) is 0 Å². The maximum atomic E-state index is 12.5. The third-order valence-corrected chi connectivity index (χ3v) is 4.85. The summed E-state index contributed by atoms with van der Waals surface area (Å²) in [4.78, 5) is 17.0. The van der Waals surface area contributed by atoms with Crippen molar-refractivity contribution in [2.45, 2.75) is 57.3 Å². The van der Waals surface area contributed by atoms with Crippen LogP contribution < -0.4 is 5.32 Å². The fraction of sp³-hybridized carbons (Fsp3) is 0.933. The summed E-state index contributed by atoms with van der Waals surface area (Å²) in [5.41, 5.74) is 0.